The Morgan fingerprint density at radius 3 is 2.50 bits per heavy atom. The quantitative estimate of drug-likeness (QED) is 0.526. The van der Waals surface area contributed by atoms with E-state index in [-0.39, 0.29) is 6.04 Å². The maximum Gasteiger partial charge on any atom is 0.150 e. The number of nitrogens with zero attached hydrogens (tertiary/aromatic N) is 3. The first-order valence-corrected chi connectivity index (χ1v) is 9.41. The van der Waals surface area contributed by atoms with Crippen molar-refractivity contribution in [1.82, 2.24) is 14.5 Å². The van der Waals surface area contributed by atoms with Gasteiger partial charge in [0, 0.05) is 30.6 Å². The van der Waals surface area contributed by atoms with Crippen molar-refractivity contribution in [3.05, 3.63) is 72.7 Å². The maximum absolute atomic E-state index is 5.28. The molecule has 2 aromatic carbocycles. The van der Waals surface area contributed by atoms with E-state index in [0.29, 0.717) is 6.61 Å². The average molecular weight is 372 g/mol. The fourth-order valence-electron chi connectivity index (χ4n) is 3.44. The number of rotatable bonds is 6. The van der Waals surface area contributed by atoms with Gasteiger partial charge in [-0.15, -0.1) is 0 Å². The Balaban J connectivity index is 1.93. The molecule has 1 N–H and O–H groups in total. The van der Waals surface area contributed by atoms with E-state index in [0.717, 1.165) is 33.7 Å². The van der Waals surface area contributed by atoms with Gasteiger partial charge in [-0.1, -0.05) is 48.0 Å². The Kier molecular flexibility index (Phi) is 5.08. The van der Waals surface area contributed by atoms with E-state index in [4.69, 9.17) is 4.74 Å². The molecule has 4 rings (SSSR count). The Labute approximate surface area is 165 Å². The SMILES string of the molecule is COC[C@H](C)Nc1ncnc2c1c(-c1ccccc1)cn2-c1ccc(C)cc1. The van der Waals surface area contributed by atoms with Gasteiger partial charge in [-0.2, -0.15) is 0 Å². The van der Waals surface area contributed by atoms with Crippen molar-refractivity contribution in [2.24, 2.45) is 0 Å². The van der Waals surface area contributed by atoms with Gasteiger partial charge in [0.05, 0.1) is 12.0 Å². The third kappa shape index (κ3) is 3.49. The standard InChI is InChI=1S/C23H24N4O/c1-16-9-11-19(12-10-16)27-13-20(18-7-5-4-6-8-18)21-22(24-15-25-23(21)27)26-17(2)14-28-3/h4-13,15,17H,14H2,1-3H3,(H,24,25,26)/t17-/m0/s1. The summed E-state index contributed by atoms with van der Waals surface area (Å²) in [5.41, 5.74) is 5.42. The van der Waals surface area contributed by atoms with Crippen molar-refractivity contribution in [2.75, 3.05) is 19.0 Å². The zero-order chi connectivity index (χ0) is 19.5. The van der Waals surface area contributed by atoms with Gasteiger partial charge in [0.15, 0.2) is 5.65 Å². The molecule has 0 fully saturated rings. The van der Waals surface area contributed by atoms with Gasteiger partial charge < -0.3 is 14.6 Å². The molecular formula is C23H24N4O. The highest BCUT2D eigenvalue weighted by molar-refractivity contribution is 6.02. The number of methoxy groups -OCH3 is 1. The van der Waals surface area contributed by atoms with Crippen molar-refractivity contribution in [3.63, 3.8) is 0 Å². The van der Waals surface area contributed by atoms with Crippen molar-refractivity contribution >= 4 is 16.9 Å². The van der Waals surface area contributed by atoms with Crippen LogP contribution in [0.25, 0.3) is 27.8 Å². The number of aryl methyl sites for hydroxylation is 1. The number of aromatic nitrogens is 3. The summed E-state index contributed by atoms with van der Waals surface area (Å²) in [5.74, 6) is 0.819. The van der Waals surface area contributed by atoms with Crippen LogP contribution < -0.4 is 5.32 Å². The number of hydrogen-bond donors (Lipinski definition) is 1. The molecule has 0 aliphatic heterocycles. The number of nitrogens with one attached hydrogen (secondary N) is 1. The van der Waals surface area contributed by atoms with Crippen LogP contribution in [-0.4, -0.2) is 34.3 Å². The molecule has 4 aromatic rings. The second-order valence-electron chi connectivity index (χ2n) is 7.04. The Bertz CT molecular complexity index is 1070. The maximum atomic E-state index is 5.28. The Hall–Kier alpha value is -3.18. The Morgan fingerprint density at radius 2 is 1.79 bits per heavy atom. The molecule has 0 aliphatic carbocycles. The minimum atomic E-state index is 0.134. The lowest BCUT2D eigenvalue weighted by atomic mass is 10.1. The van der Waals surface area contributed by atoms with Crippen LogP contribution in [0.3, 0.4) is 0 Å². The number of hydrogen-bond acceptors (Lipinski definition) is 4. The molecule has 0 radical (unpaired) electrons. The molecule has 0 unspecified atom stereocenters. The molecule has 0 saturated carbocycles. The highest BCUT2D eigenvalue weighted by Crippen LogP contribution is 2.35. The molecule has 5 nitrogen and oxygen atoms in total. The largest absolute Gasteiger partial charge is 0.383 e. The van der Waals surface area contributed by atoms with E-state index in [9.17, 15) is 0 Å². The summed E-state index contributed by atoms with van der Waals surface area (Å²) in [6.07, 6.45) is 3.76. The molecule has 2 heterocycles. The first kappa shape index (κ1) is 18.2. The number of anilines is 1. The van der Waals surface area contributed by atoms with Gasteiger partial charge in [-0.25, -0.2) is 9.97 Å². The van der Waals surface area contributed by atoms with Gasteiger partial charge in [0.25, 0.3) is 0 Å². The van der Waals surface area contributed by atoms with Crippen LogP contribution in [0.1, 0.15) is 12.5 Å². The van der Waals surface area contributed by atoms with E-state index < -0.39 is 0 Å². The monoisotopic (exact) mass is 372 g/mol. The fraction of sp³-hybridized carbons (Fsp3) is 0.217. The van der Waals surface area contributed by atoms with Crippen molar-refractivity contribution in [2.45, 2.75) is 19.9 Å². The first-order chi connectivity index (χ1) is 13.7. The number of benzene rings is 2. The van der Waals surface area contributed by atoms with Gasteiger partial charge in [-0.05, 0) is 31.5 Å². The minimum Gasteiger partial charge on any atom is -0.383 e. The minimum absolute atomic E-state index is 0.134. The highest BCUT2D eigenvalue weighted by atomic mass is 16.5. The topological polar surface area (TPSA) is 52.0 Å². The molecule has 5 heteroatoms. The second-order valence-corrected chi connectivity index (χ2v) is 7.04. The summed E-state index contributed by atoms with van der Waals surface area (Å²) in [7, 11) is 1.71. The van der Waals surface area contributed by atoms with E-state index in [1.807, 2.05) is 6.07 Å². The summed E-state index contributed by atoms with van der Waals surface area (Å²) in [6.45, 7) is 4.77. The van der Waals surface area contributed by atoms with Gasteiger partial charge >= 0.3 is 0 Å². The van der Waals surface area contributed by atoms with E-state index in [2.05, 4.69) is 88.4 Å². The van der Waals surface area contributed by atoms with Crippen LogP contribution in [0.4, 0.5) is 5.82 Å². The van der Waals surface area contributed by atoms with Gasteiger partial charge in [0.1, 0.15) is 12.1 Å². The van der Waals surface area contributed by atoms with Gasteiger partial charge in [-0.3, -0.25) is 0 Å². The predicted molar refractivity (Wildman–Crippen MR) is 114 cm³/mol. The van der Waals surface area contributed by atoms with Crippen LogP contribution in [0.5, 0.6) is 0 Å². The highest BCUT2D eigenvalue weighted by Gasteiger charge is 2.18. The molecule has 142 valence electrons. The lowest BCUT2D eigenvalue weighted by Crippen LogP contribution is -2.21. The van der Waals surface area contributed by atoms with E-state index in [1.54, 1.807) is 13.4 Å². The summed E-state index contributed by atoms with van der Waals surface area (Å²) in [6, 6.07) is 19.0. The van der Waals surface area contributed by atoms with E-state index >= 15 is 0 Å². The lowest BCUT2D eigenvalue weighted by molar-refractivity contribution is 0.190. The third-order valence-corrected chi connectivity index (χ3v) is 4.78. The van der Waals surface area contributed by atoms with Crippen LogP contribution in [0.15, 0.2) is 67.1 Å². The summed E-state index contributed by atoms with van der Waals surface area (Å²) in [4.78, 5) is 9.17. The Morgan fingerprint density at radius 1 is 1.04 bits per heavy atom. The van der Waals surface area contributed by atoms with Crippen LogP contribution in [-0.2, 0) is 4.74 Å². The fourth-order valence-corrected chi connectivity index (χ4v) is 3.44. The van der Waals surface area contributed by atoms with Crippen molar-refractivity contribution in [1.29, 1.82) is 0 Å². The molecule has 0 bridgehead atoms. The average Bonchev–Trinajstić information content (AvgIpc) is 3.10. The molecule has 28 heavy (non-hydrogen) atoms. The molecule has 0 amide bonds. The number of fused-ring (bicyclic) bond motifs is 1. The van der Waals surface area contributed by atoms with E-state index in [1.165, 1.54) is 5.56 Å². The zero-order valence-electron chi connectivity index (χ0n) is 16.4. The molecule has 0 spiro atoms. The van der Waals surface area contributed by atoms with Gasteiger partial charge in [0.2, 0.25) is 0 Å². The lowest BCUT2D eigenvalue weighted by Gasteiger charge is -2.14. The molecule has 2 aromatic heterocycles. The smallest absolute Gasteiger partial charge is 0.150 e. The first-order valence-electron chi connectivity index (χ1n) is 9.41. The van der Waals surface area contributed by atoms with Crippen LogP contribution in [0, 0.1) is 6.92 Å². The normalized spacial score (nSPS) is 12.2. The second kappa shape index (κ2) is 7.82. The van der Waals surface area contributed by atoms with Crippen molar-refractivity contribution in [3.8, 4) is 16.8 Å². The zero-order valence-corrected chi connectivity index (χ0v) is 16.4. The summed E-state index contributed by atoms with van der Waals surface area (Å²) in [5, 5.41) is 4.49. The molecule has 0 aliphatic rings. The summed E-state index contributed by atoms with van der Waals surface area (Å²) >= 11 is 0. The third-order valence-electron chi connectivity index (χ3n) is 4.78. The summed E-state index contributed by atoms with van der Waals surface area (Å²) < 4.78 is 7.41. The van der Waals surface area contributed by atoms with Crippen LogP contribution in [0.2, 0.25) is 0 Å². The van der Waals surface area contributed by atoms with Crippen molar-refractivity contribution < 1.29 is 4.74 Å². The molecule has 0 saturated heterocycles. The predicted octanol–water partition coefficient (Wildman–Crippen LogP) is 4.84. The van der Waals surface area contributed by atoms with Crippen LogP contribution >= 0.6 is 0 Å². The molecule has 1 atom stereocenters. The number of ether oxygens (including phenoxy) is 1. The molecular weight excluding hydrogens is 348 g/mol.